The van der Waals surface area contributed by atoms with Crippen LogP contribution in [0.4, 0.5) is 17.1 Å². The Morgan fingerprint density at radius 3 is 2.36 bits per heavy atom. The summed E-state index contributed by atoms with van der Waals surface area (Å²) in [4.78, 5) is 40.3. The number of nitro benzene ring substituents is 1. The van der Waals surface area contributed by atoms with Gasteiger partial charge in [-0.05, 0) is 76.7 Å². The van der Waals surface area contributed by atoms with E-state index in [-0.39, 0.29) is 11.6 Å². The van der Waals surface area contributed by atoms with Crippen molar-refractivity contribution < 1.29 is 14.5 Å². The van der Waals surface area contributed by atoms with E-state index in [1.165, 1.54) is 30.7 Å². The standard InChI is InChI=1S/C24H31N5O4/c1-27(2)14-6-13-25-24(31)21-17-19(9-12-22(21)28-15-4-3-5-16-28)26-23(30)18-7-10-20(11-8-18)29(32)33/h7-12,17H,3-6,13-16H2,1-2H3,(H,25,31)(H,26,30). The van der Waals surface area contributed by atoms with Crippen molar-refractivity contribution in [3.8, 4) is 0 Å². The molecule has 1 aliphatic rings. The van der Waals surface area contributed by atoms with E-state index >= 15 is 0 Å². The maximum atomic E-state index is 13.0. The molecule has 0 radical (unpaired) electrons. The fraction of sp³-hybridized carbons (Fsp3) is 0.417. The van der Waals surface area contributed by atoms with Gasteiger partial charge in [0, 0.05) is 48.7 Å². The number of non-ortho nitro benzene ring substituents is 1. The molecule has 1 heterocycles. The molecule has 2 aromatic carbocycles. The number of carbonyl (C=O) groups is 2. The Kier molecular flexibility index (Phi) is 8.37. The van der Waals surface area contributed by atoms with Gasteiger partial charge in [-0.2, -0.15) is 0 Å². The summed E-state index contributed by atoms with van der Waals surface area (Å²) in [5, 5.41) is 16.6. The molecule has 3 rings (SSSR count). The molecule has 2 aromatic rings. The summed E-state index contributed by atoms with van der Waals surface area (Å²) in [5.41, 5.74) is 2.12. The van der Waals surface area contributed by atoms with Gasteiger partial charge in [-0.15, -0.1) is 0 Å². The normalized spacial score (nSPS) is 13.6. The SMILES string of the molecule is CN(C)CCCNC(=O)c1cc(NC(=O)c2ccc([N+](=O)[O-])cc2)ccc1N1CCCCC1. The molecule has 0 aromatic heterocycles. The highest BCUT2D eigenvalue weighted by atomic mass is 16.6. The number of rotatable bonds is 9. The Morgan fingerprint density at radius 1 is 1.03 bits per heavy atom. The lowest BCUT2D eigenvalue weighted by molar-refractivity contribution is -0.384. The van der Waals surface area contributed by atoms with Gasteiger partial charge in [0.25, 0.3) is 17.5 Å². The van der Waals surface area contributed by atoms with Crippen molar-refractivity contribution in [2.45, 2.75) is 25.7 Å². The molecule has 0 aliphatic carbocycles. The number of nitrogens with zero attached hydrogens (tertiary/aromatic N) is 3. The highest BCUT2D eigenvalue weighted by Crippen LogP contribution is 2.27. The van der Waals surface area contributed by atoms with Crippen LogP contribution in [0.3, 0.4) is 0 Å². The molecule has 0 spiro atoms. The first-order chi connectivity index (χ1) is 15.8. The van der Waals surface area contributed by atoms with E-state index in [0.29, 0.717) is 23.4 Å². The summed E-state index contributed by atoms with van der Waals surface area (Å²) in [7, 11) is 3.99. The van der Waals surface area contributed by atoms with E-state index in [9.17, 15) is 19.7 Å². The van der Waals surface area contributed by atoms with E-state index < -0.39 is 10.8 Å². The summed E-state index contributed by atoms with van der Waals surface area (Å²) in [6.07, 6.45) is 4.20. The summed E-state index contributed by atoms with van der Waals surface area (Å²) in [6, 6.07) is 10.8. The maximum absolute atomic E-state index is 13.0. The van der Waals surface area contributed by atoms with Gasteiger partial charge in [0.2, 0.25) is 0 Å². The number of carbonyl (C=O) groups excluding carboxylic acids is 2. The Bertz CT molecular complexity index is 985. The van der Waals surface area contributed by atoms with Crippen LogP contribution in [0.5, 0.6) is 0 Å². The zero-order chi connectivity index (χ0) is 23.8. The van der Waals surface area contributed by atoms with Crippen molar-refractivity contribution in [3.05, 3.63) is 63.7 Å². The van der Waals surface area contributed by atoms with Crippen molar-refractivity contribution in [1.29, 1.82) is 0 Å². The first kappa shape index (κ1) is 24.2. The van der Waals surface area contributed by atoms with E-state index in [2.05, 4.69) is 20.4 Å². The second-order valence-electron chi connectivity index (χ2n) is 8.45. The molecule has 1 saturated heterocycles. The smallest absolute Gasteiger partial charge is 0.269 e. The fourth-order valence-electron chi connectivity index (χ4n) is 3.84. The second-order valence-corrected chi connectivity index (χ2v) is 8.45. The van der Waals surface area contributed by atoms with Gasteiger partial charge in [-0.25, -0.2) is 0 Å². The zero-order valence-electron chi connectivity index (χ0n) is 19.2. The lowest BCUT2D eigenvalue weighted by Gasteiger charge is -2.30. The minimum atomic E-state index is -0.509. The van der Waals surface area contributed by atoms with E-state index in [1.54, 1.807) is 12.1 Å². The molecule has 9 heteroatoms. The van der Waals surface area contributed by atoms with Crippen molar-refractivity contribution >= 4 is 28.9 Å². The minimum absolute atomic E-state index is 0.0781. The number of nitrogens with one attached hydrogen (secondary N) is 2. The van der Waals surface area contributed by atoms with Crippen molar-refractivity contribution in [1.82, 2.24) is 10.2 Å². The molecule has 0 unspecified atom stereocenters. The fourth-order valence-corrected chi connectivity index (χ4v) is 3.84. The van der Waals surface area contributed by atoms with Gasteiger partial charge in [-0.3, -0.25) is 19.7 Å². The maximum Gasteiger partial charge on any atom is 0.269 e. The van der Waals surface area contributed by atoms with Gasteiger partial charge < -0.3 is 20.4 Å². The van der Waals surface area contributed by atoms with Gasteiger partial charge in [0.1, 0.15) is 0 Å². The molecular formula is C24H31N5O4. The van der Waals surface area contributed by atoms with Crippen LogP contribution in [0.2, 0.25) is 0 Å². The van der Waals surface area contributed by atoms with Crippen LogP contribution in [0.15, 0.2) is 42.5 Å². The van der Waals surface area contributed by atoms with Crippen molar-refractivity contribution in [2.24, 2.45) is 0 Å². The third-order valence-electron chi connectivity index (χ3n) is 5.60. The molecule has 2 amide bonds. The molecule has 0 atom stereocenters. The van der Waals surface area contributed by atoms with E-state index in [0.717, 1.165) is 44.6 Å². The summed E-state index contributed by atoms with van der Waals surface area (Å²) >= 11 is 0. The van der Waals surface area contributed by atoms with Crippen LogP contribution >= 0.6 is 0 Å². The quantitative estimate of drug-likeness (QED) is 0.342. The third-order valence-corrected chi connectivity index (χ3v) is 5.60. The van der Waals surface area contributed by atoms with Gasteiger partial charge in [0.15, 0.2) is 0 Å². The van der Waals surface area contributed by atoms with Crippen LogP contribution in [-0.4, -0.2) is 61.9 Å². The molecule has 0 bridgehead atoms. The highest BCUT2D eigenvalue weighted by Gasteiger charge is 2.20. The Labute approximate surface area is 193 Å². The number of benzene rings is 2. The number of hydrogen-bond donors (Lipinski definition) is 2. The highest BCUT2D eigenvalue weighted by molar-refractivity contribution is 6.06. The predicted octanol–water partition coefficient (Wildman–Crippen LogP) is 3.52. The summed E-state index contributed by atoms with van der Waals surface area (Å²) < 4.78 is 0. The first-order valence-electron chi connectivity index (χ1n) is 11.2. The zero-order valence-corrected chi connectivity index (χ0v) is 19.2. The van der Waals surface area contributed by atoms with Crippen LogP contribution in [0, 0.1) is 10.1 Å². The van der Waals surface area contributed by atoms with Crippen molar-refractivity contribution in [3.63, 3.8) is 0 Å². The molecule has 1 fully saturated rings. The van der Waals surface area contributed by atoms with Crippen LogP contribution in [0.1, 0.15) is 46.4 Å². The Morgan fingerprint density at radius 2 is 1.73 bits per heavy atom. The molecule has 9 nitrogen and oxygen atoms in total. The number of hydrogen-bond acceptors (Lipinski definition) is 6. The van der Waals surface area contributed by atoms with Crippen LogP contribution in [-0.2, 0) is 0 Å². The molecule has 1 aliphatic heterocycles. The monoisotopic (exact) mass is 453 g/mol. The van der Waals surface area contributed by atoms with Crippen LogP contribution < -0.4 is 15.5 Å². The average Bonchev–Trinajstić information content (AvgIpc) is 2.82. The third kappa shape index (κ3) is 6.76. The largest absolute Gasteiger partial charge is 0.371 e. The molecule has 2 N–H and O–H groups in total. The van der Waals surface area contributed by atoms with E-state index in [1.807, 2.05) is 20.2 Å². The van der Waals surface area contributed by atoms with Gasteiger partial charge in [0.05, 0.1) is 10.5 Å². The van der Waals surface area contributed by atoms with Crippen molar-refractivity contribution in [2.75, 3.05) is 50.5 Å². The molecule has 176 valence electrons. The predicted molar refractivity (Wildman–Crippen MR) is 129 cm³/mol. The van der Waals surface area contributed by atoms with E-state index in [4.69, 9.17) is 0 Å². The number of nitro groups is 1. The number of amides is 2. The minimum Gasteiger partial charge on any atom is -0.371 e. The van der Waals surface area contributed by atoms with Gasteiger partial charge >= 0.3 is 0 Å². The summed E-state index contributed by atoms with van der Waals surface area (Å²) in [5.74, 6) is -0.561. The van der Waals surface area contributed by atoms with Crippen LogP contribution in [0.25, 0.3) is 0 Å². The second kappa shape index (κ2) is 11.4. The molecule has 33 heavy (non-hydrogen) atoms. The first-order valence-corrected chi connectivity index (χ1v) is 11.2. The lowest BCUT2D eigenvalue weighted by Crippen LogP contribution is -2.33. The van der Waals surface area contributed by atoms with Gasteiger partial charge in [-0.1, -0.05) is 0 Å². The summed E-state index contributed by atoms with van der Waals surface area (Å²) in [6.45, 7) is 3.24. The Balaban J connectivity index is 1.77. The number of piperidine rings is 1. The molecule has 0 saturated carbocycles. The lowest BCUT2D eigenvalue weighted by atomic mass is 10.1. The Hall–Kier alpha value is -3.46. The number of anilines is 2. The molecular weight excluding hydrogens is 422 g/mol. The topological polar surface area (TPSA) is 108 Å². The average molecular weight is 454 g/mol.